The summed E-state index contributed by atoms with van der Waals surface area (Å²) in [6.45, 7) is 10.2. The third kappa shape index (κ3) is 6.23. The normalized spacial score (nSPS) is 26.7. The summed E-state index contributed by atoms with van der Waals surface area (Å²) in [4.78, 5) is 21.5. The predicted molar refractivity (Wildman–Crippen MR) is 114 cm³/mol. The van der Waals surface area contributed by atoms with Crippen molar-refractivity contribution in [3.8, 4) is 0 Å². The van der Waals surface area contributed by atoms with E-state index in [2.05, 4.69) is 29.0 Å². The molecule has 0 bridgehead atoms. The molecule has 8 heteroatoms. The fourth-order valence-corrected chi connectivity index (χ4v) is 3.82. The number of hydrogen-bond donors (Lipinski definition) is 1. The maximum atomic E-state index is 11.9. The molecular formula is C18H35IN4O3. The molecule has 0 amide bonds. The first-order valence-electron chi connectivity index (χ1n) is 9.44. The van der Waals surface area contributed by atoms with Gasteiger partial charge in [0.05, 0.1) is 26.2 Å². The van der Waals surface area contributed by atoms with E-state index in [1.165, 1.54) is 20.0 Å². The number of methoxy groups -OCH3 is 2. The van der Waals surface area contributed by atoms with Crippen LogP contribution in [0, 0.1) is 11.8 Å². The molecule has 2 fully saturated rings. The van der Waals surface area contributed by atoms with Gasteiger partial charge in [-0.1, -0.05) is 6.92 Å². The van der Waals surface area contributed by atoms with Crippen LogP contribution in [0.15, 0.2) is 4.99 Å². The highest BCUT2D eigenvalue weighted by atomic mass is 127. The maximum Gasteiger partial charge on any atom is 0.310 e. The van der Waals surface area contributed by atoms with Crippen LogP contribution in [0.25, 0.3) is 0 Å². The molecule has 0 saturated carbocycles. The van der Waals surface area contributed by atoms with Crippen molar-refractivity contribution in [2.45, 2.75) is 32.7 Å². The van der Waals surface area contributed by atoms with E-state index in [0.717, 1.165) is 45.3 Å². The van der Waals surface area contributed by atoms with Gasteiger partial charge in [0.15, 0.2) is 5.96 Å². The van der Waals surface area contributed by atoms with E-state index in [4.69, 9.17) is 14.5 Å². The number of esters is 1. The molecule has 0 spiro atoms. The number of carbonyl (C=O) groups excluding carboxylic acids is 1. The highest BCUT2D eigenvalue weighted by Crippen LogP contribution is 2.24. The summed E-state index contributed by atoms with van der Waals surface area (Å²) >= 11 is 0. The second-order valence-corrected chi connectivity index (χ2v) is 7.03. The van der Waals surface area contributed by atoms with Crippen LogP contribution < -0.4 is 5.32 Å². The second kappa shape index (κ2) is 12.0. The van der Waals surface area contributed by atoms with Crippen molar-refractivity contribution in [1.82, 2.24) is 15.1 Å². The van der Waals surface area contributed by atoms with Crippen LogP contribution >= 0.6 is 24.0 Å². The summed E-state index contributed by atoms with van der Waals surface area (Å²) in [6, 6.07) is 0.486. The van der Waals surface area contributed by atoms with Gasteiger partial charge in [-0.3, -0.25) is 14.7 Å². The number of nitrogens with one attached hydrogen (secondary N) is 1. The number of guanidine groups is 1. The Morgan fingerprint density at radius 3 is 2.73 bits per heavy atom. The molecule has 0 aromatic heterocycles. The molecule has 152 valence electrons. The summed E-state index contributed by atoms with van der Waals surface area (Å²) in [5.41, 5.74) is 0. The molecule has 3 unspecified atom stereocenters. The van der Waals surface area contributed by atoms with Gasteiger partial charge < -0.3 is 19.7 Å². The van der Waals surface area contributed by atoms with Crippen molar-refractivity contribution in [3.05, 3.63) is 0 Å². The molecule has 0 aromatic rings. The number of likely N-dealkylation sites (tertiary alicyclic amines) is 2. The van der Waals surface area contributed by atoms with Crippen LogP contribution in [0.2, 0.25) is 0 Å². The van der Waals surface area contributed by atoms with Crippen molar-refractivity contribution in [2.75, 3.05) is 60.1 Å². The van der Waals surface area contributed by atoms with Crippen LogP contribution in [-0.2, 0) is 14.3 Å². The predicted octanol–water partition coefficient (Wildman–Crippen LogP) is 1.42. The lowest BCUT2D eigenvalue weighted by molar-refractivity contribution is -0.145. The smallest absolute Gasteiger partial charge is 0.310 e. The van der Waals surface area contributed by atoms with E-state index in [1.807, 2.05) is 0 Å². The number of halogens is 1. The third-order valence-corrected chi connectivity index (χ3v) is 5.28. The summed E-state index contributed by atoms with van der Waals surface area (Å²) in [5, 5.41) is 3.39. The van der Waals surface area contributed by atoms with E-state index in [0.29, 0.717) is 12.6 Å². The minimum Gasteiger partial charge on any atom is -0.469 e. The van der Waals surface area contributed by atoms with Gasteiger partial charge in [0.1, 0.15) is 0 Å². The SMILES string of the molecule is CCNC(=NCC1CCCN1CCOC)N1CC(C)C(C(=O)OC)C1.I. The molecule has 1 N–H and O–H groups in total. The van der Waals surface area contributed by atoms with Gasteiger partial charge in [-0.2, -0.15) is 0 Å². The third-order valence-electron chi connectivity index (χ3n) is 5.28. The molecule has 3 atom stereocenters. The quantitative estimate of drug-likeness (QED) is 0.256. The molecule has 0 radical (unpaired) electrons. The number of ether oxygens (including phenoxy) is 2. The van der Waals surface area contributed by atoms with Crippen molar-refractivity contribution < 1.29 is 14.3 Å². The largest absolute Gasteiger partial charge is 0.469 e. The minimum absolute atomic E-state index is 0. The average molecular weight is 482 g/mol. The fraction of sp³-hybridized carbons (Fsp3) is 0.889. The Morgan fingerprint density at radius 1 is 1.31 bits per heavy atom. The van der Waals surface area contributed by atoms with Gasteiger partial charge in [0.25, 0.3) is 0 Å². The van der Waals surface area contributed by atoms with E-state index >= 15 is 0 Å². The molecule has 0 aromatic carbocycles. The molecule has 2 aliphatic rings. The monoisotopic (exact) mass is 482 g/mol. The van der Waals surface area contributed by atoms with Crippen LogP contribution in [-0.4, -0.2) is 87.9 Å². The standard InChI is InChI=1S/C18H34N4O3.HI/c1-5-19-18(22-12-14(2)16(13-22)17(23)25-4)20-11-15-7-6-8-21(15)9-10-24-3;/h14-16H,5-13H2,1-4H3,(H,19,20);1H. The van der Waals surface area contributed by atoms with E-state index < -0.39 is 0 Å². The van der Waals surface area contributed by atoms with Crippen molar-refractivity contribution in [3.63, 3.8) is 0 Å². The lowest BCUT2D eigenvalue weighted by Crippen LogP contribution is -2.42. The molecule has 2 rings (SSSR count). The summed E-state index contributed by atoms with van der Waals surface area (Å²) < 4.78 is 10.2. The summed E-state index contributed by atoms with van der Waals surface area (Å²) in [5.74, 6) is 1.01. The zero-order valence-corrected chi connectivity index (χ0v) is 18.9. The highest BCUT2D eigenvalue weighted by Gasteiger charge is 2.37. The molecule has 2 heterocycles. The number of nitrogens with zero attached hydrogens (tertiary/aromatic N) is 3. The molecule has 2 aliphatic heterocycles. The number of rotatable bonds is 7. The molecule has 26 heavy (non-hydrogen) atoms. The lowest BCUT2D eigenvalue weighted by Gasteiger charge is -2.25. The van der Waals surface area contributed by atoms with Crippen LogP contribution in [0.1, 0.15) is 26.7 Å². The first kappa shape index (κ1) is 23.4. The fourth-order valence-electron chi connectivity index (χ4n) is 3.82. The number of hydrogen-bond acceptors (Lipinski definition) is 5. The zero-order valence-electron chi connectivity index (χ0n) is 16.6. The first-order chi connectivity index (χ1) is 12.1. The van der Waals surface area contributed by atoms with Gasteiger partial charge in [-0.15, -0.1) is 24.0 Å². The average Bonchev–Trinajstić information content (AvgIpc) is 3.22. The summed E-state index contributed by atoms with van der Waals surface area (Å²) in [7, 11) is 3.21. The van der Waals surface area contributed by atoms with E-state index in [9.17, 15) is 4.79 Å². The number of carbonyl (C=O) groups is 1. The van der Waals surface area contributed by atoms with Crippen molar-refractivity contribution >= 4 is 35.9 Å². The molecule has 7 nitrogen and oxygen atoms in total. The molecular weight excluding hydrogens is 447 g/mol. The Labute approximate surface area is 174 Å². The Morgan fingerprint density at radius 2 is 2.08 bits per heavy atom. The van der Waals surface area contributed by atoms with Gasteiger partial charge in [-0.25, -0.2) is 0 Å². The van der Waals surface area contributed by atoms with Crippen molar-refractivity contribution in [2.24, 2.45) is 16.8 Å². The van der Waals surface area contributed by atoms with Crippen molar-refractivity contribution in [1.29, 1.82) is 0 Å². The van der Waals surface area contributed by atoms with Gasteiger partial charge in [-0.05, 0) is 32.2 Å². The first-order valence-corrected chi connectivity index (χ1v) is 9.44. The van der Waals surface area contributed by atoms with Gasteiger partial charge in [0, 0.05) is 39.3 Å². The Kier molecular flexibility index (Phi) is 10.8. The Hall–Kier alpha value is -0.610. The molecule has 0 aliphatic carbocycles. The molecule has 2 saturated heterocycles. The minimum atomic E-state index is -0.118. The maximum absolute atomic E-state index is 11.9. The highest BCUT2D eigenvalue weighted by molar-refractivity contribution is 14.0. The van der Waals surface area contributed by atoms with Crippen LogP contribution in [0.3, 0.4) is 0 Å². The topological polar surface area (TPSA) is 66.4 Å². The van der Waals surface area contributed by atoms with Crippen LogP contribution in [0.4, 0.5) is 0 Å². The van der Waals surface area contributed by atoms with E-state index in [-0.39, 0.29) is 41.8 Å². The van der Waals surface area contributed by atoms with Crippen LogP contribution in [0.5, 0.6) is 0 Å². The van der Waals surface area contributed by atoms with E-state index in [1.54, 1.807) is 7.11 Å². The zero-order chi connectivity index (χ0) is 18.2. The Balaban J connectivity index is 0.00000338. The van der Waals surface area contributed by atoms with Gasteiger partial charge in [0.2, 0.25) is 0 Å². The lowest BCUT2D eigenvalue weighted by atomic mass is 9.99. The second-order valence-electron chi connectivity index (χ2n) is 7.03. The van der Waals surface area contributed by atoms with Gasteiger partial charge >= 0.3 is 5.97 Å². The summed E-state index contributed by atoms with van der Waals surface area (Å²) in [6.07, 6.45) is 2.42. The Bertz CT molecular complexity index is 464. The number of aliphatic imine (C=N–C) groups is 1.